The van der Waals surface area contributed by atoms with Crippen LogP contribution >= 0.6 is 0 Å². The average Bonchev–Trinajstić information content (AvgIpc) is 2.68. The molecule has 1 atom stereocenters. The van der Waals surface area contributed by atoms with Gasteiger partial charge < -0.3 is 5.73 Å². The van der Waals surface area contributed by atoms with Crippen LogP contribution in [0.4, 0.5) is 0 Å². The minimum Gasteiger partial charge on any atom is -0.369 e. The summed E-state index contributed by atoms with van der Waals surface area (Å²) in [6, 6.07) is 0. The van der Waals surface area contributed by atoms with Gasteiger partial charge in [-0.15, -0.1) is 0 Å². The van der Waals surface area contributed by atoms with Crippen LogP contribution in [0.2, 0.25) is 0 Å². The van der Waals surface area contributed by atoms with Gasteiger partial charge in [0.2, 0.25) is 5.91 Å². The topological polar surface area (TPSA) is 43.1 Å². The fourth-order valence-electron chi connectivity index (χ4n) is 4.19. The molecule has 0 aliphatic rings. The van der Waals surface area contributed by atoms with Crippen molar-refractivity contribution in [2.45, 2.75) is 155 Å². The van der Waals surface area contributed by atoms with E-state index in [0.717, 1.165) is 12.8 Å². The van der Waals surface area contributed by atoms with Crippen LogP contribution in [0.25, 0.3) is 0 Å². The van der Waals surface area contributed by atoms with E-state index >= 15 is 0 Å². The molecule has 0 aliphatic carbocycles. The summed E-state index contributed by atoms with van der Waals surface area (Å²) >= 11 is 0. The van der Waals surface area contributed by atoms with Gasteiger partial charge in [-0.25, -0.2) is 0 Å². The lowest BCUT2D eigenvalue weighted by molar-refractivity contribution is -0.122. The zero-order valence-corrected chi connectivity index (χ0v) is 19.6. The van der Waals surface area contributed by atoms with Crippen LogP contribution in [0.5, 0.6) is 0 Å². The zero-order valence-electron chi connectivity index (χ0n) is 19.6. The molecule has 0 spiro atoms. The standard InChI is InChI=1S/C26H53NO/c1-3-5-7-9-11-12-13-14-15-16-17-18-20-22-24-25(26(27)28)23-21-19-10-8-6-4-2/h25H,3-24H2,1-2H3,(H2,27,28). The Kier molecular flexibility index (Phi) is 22.3. The maximum absolute atomic E-state index is 11.7. The molecule has 0 heterocycles. The van der Waals surface area contributed by atoms with Crippen LogP contribution in [-0.2, 0) is 4.79 Å². The van der Waals surface area contributed by atoms with Crippen molar-refractivity contribution in [3.8, 4) is 0 Å². The second-order valence-corrected chi connectivity index (χ2v) is 9.04. The Morgan fingerprint density at radius 2 is 0.750 bits per heavy atom. The molecule has 0 aliphatic heterocycles. The molecule has 0 radical (unpaired) electrons. The molecule has 2 nitrogen and oxygen atoms in total. The van der Waals surface area contributed by atoms with Crippen LogP contribution in [-0.4, -0.2) is 5.91 Å². The highest BCUT2D eigenvalue weighted by Crippen LogP contribution is 2.19. The van der Waals surface area contributed by atoms with Crippen LogP contribution in [0.1, 0.15) is 155 Å². The number of unbranched alkanes of at least 4 members (excludes halogenated alkanes) is 18. The predicted molar refractivity (Wildman–Crippen MR) is 126 cm³/mol. The SMILES string of the molecule is CCCCCCCCCCCCCCCCC(CCCCCCCC)C(N)=O. The van der Waals surface area contributed by atoms with Crippen molar-refractivity contribution in [1.82, 2.24) is 0 Å². The minimum absolute atomic E-state index is 0.0664. The molecule has 0 aromatic rings. The molecule has 1 unspecified atom stereocenters. The van der Waals surface area contributed by atoms with E-state index in [2.05, 4.69) is 13.8 Å². The Morgan fingerprint density at radius 1 is 0.500 bits per heavy atom. The highest BCUT2D eigenvalue weighted by Gasteiger charge is 2.14. The number of carbonyl (C=O) groups is 1. The van der Waals surface area contributed by atoms with Gasteiger partial charge in [0.15, 0.2) is 0 Å². The molecule has 0 saturated heterocycles. The molecule has 0 bridgehead atoms. The second-order valence-electron chi connectivity index (χ2n) is 9.04. The predicted octanol–water partition coefficient (Wildman–Crippen LogP) is 8.71. The number of nitrogens with two attached hydrogens (primary N) is 1. The van der Waals surface area contributed by atoms with Crippen molar-refractivity contribution >= 4 is 5.91 Å². The minimum atomic E-state index is -0.0664. The molecule has 0 aromatic heterocycles. The van der Waals surface area contributed by atoms with Gasteiger partial charge >= 0.3 is 0 Å². The van der Waals surface area contributed by atoms with E-state index in [4.69, 9.17) is 5.73 Å². The van der Waals surface area contributed by atoms with E-state index in [9.17, 15) is 4.79 Å². The van der Waals surface area contributed by atoms with Gasteiger partial charge in [-0.3, -0.25) is 4.79 Å². The summed E-state index contributed by atoms with van der Waals surface area (Å²) in [7, 11) is 0. The number of carbonyl (C=O) groups excluding carboxylic acids is 1. The van der Waals surface area contributed by atoms with Gasteiger partial charge in [0, 0.05) is 5.92 Å². The second kappa shape index (κ2) is 22.8. The van der Waals surface area contributed by atoms with Crippen LogP contribution in [0.15, 0.2) is 0 Å². The lowest BCUT2D eigenvalue weighted by atomic mass is 9.93. The first-order chi connectivity index (χ1) is 13.7. The Labute approximate surface area is 177 Å². The van der Waals surface area contributed by atoms with Crippen LogP contribution in [0, 0.1) is 5.92 Å². The maximum atomic E-state index is 11.7. The van der Waals surface area contributed by atoms with Gasteiger partial charge in [0.25, 0.3) is 0 Å². The number of hydrogen-bond acceptors (Lipinski definition) is 1. The molecular formula is C26H53NO. The fraction of sp³-hybridized carbons (Fsp3) is 0.962. The Balaban J connectivity index is 3.38. The molecule has 1 amide bonds. The first-order valence-electron chi connectivity index (χ1n) is 13.0. The summed E-state index contributed by atoms with van der Waals surface area (Å²) < 4.78 is 0. The molecule has 2 N–H and O–H groups in total. The van der Waals surface area contributed by atoms with E-state index in [-0.39, 0.29) is 11.8 Å². The zero-order chi connectivity index (χ0) is 20.7. The van der Waals surface area contributed by atoms with Crippen molar-refractivity contribution in [2.75, 3.05) is 0 Å². The van der Waals surface area contributed by atoms with Crippen molar-refractivity contribution < 1.29 is 4.79 Å². The van der Waals surface area contributed by atoms with E-state index in [1.165, 1.54) is 128 Å². The number of amides is 1. The third-order valence-corrected chi connectivity index (χ3v) is 6.21. The fourth-order valence-corrected chi connectivity index (χ4v) is 4.19. The Hall–Kier alpha value is -0.530. The molecule has 168 valence electrons. The summed E-state index contributed by atoms with van der Waals surface area (Å²) in [6.07, 6.45) is 29.1. The van der Waals surface area contributed by atoms with Gasteiger partial charge in [-0.2, -0.15) is 0 Å². The molecule has 0 fully saturated rings. The first-order valence-corrected chi connectivity index (χ1v) is 13.0. The molecule has 2 heteroatoms. The summed E-state index contributed by atoms with van der Waals surface area (Å²) in [5, 5.41) is 0. The average molecular weight is 396 g/mol. The Bertz CT molecular complexity index is 316. The molecule has 0 rings (SSSR count). The summed E-state index contributed by atoms with van der Waals surface area (Å²) in [5.74, 6) is 0.0618. The molecule has 28 heavy (non-hydrogen) atoms. The largest absolute Gasteiger partial charge is 0.369 e. The van der Waals surface area contributed by atoms with E-state index < -0.39 is 0 Å². The highest BCUT2D eigenvalue weighted by atomic mass is 16.1. The van der Waals surface area contributed by atoms with Gasteiger partial charge in [-0.1, -0.05) is 142 Å². The third-order valence-electron chi connectivity index (χ3n) is 6.21. The van der Waals surface area contributed by atoms with E-state index in [0.29, 0.717) is 0 Å². The number of rotatable bonds is 23. The first kappa shape index (κ1) is 27.5. The van der Waals surface area contributed by atoms with E-state index in [1.807, 2.05) is 0 Å². The molecular weight excluding hydrogens is 342 g/mol. The van der Waals surface area contributed by atoms with Crippen LogP contribution < -0.4 is 5.73 Å². The Morgan fingerprint density at radius 3 is 1.00 bits per heavy atom. The van der Waals surface area contributed by atoms with Crippen molar-refractivity contribution in [2.24, 2.45) is 11.7 Å². The smallest absolute Gasteiger partial charge is 0.220 e. The van der Waals surface area contributed by atoms with Crippen LogP contribution in [0.3, 0.4) is 0 Å². The van der Waals surface area contributed by atoms with Gasteiger partial charge in [-0.05, 0) is 12.8 Å². The molecule has 0 saturated carbocycles. The maximum Gasteiger partial charge on any atom is 0.220 e. The highest BCUT2D eigenvalue weighted by molar-refractivity contribution is 5.76. The number of primary amides is 1. The van der Waals surface area contributed by atoms with Crippen molar-refractivity contribution in [3.63, 3.8) is 0 Å². The third kappa shape index (κ3) is 20.2. The van der Waals surface area contributed by atoms with Gasteiger partial charge in [0.05, 0.1) is 0 Å². The van der Waals surface area contributed by atoms with Gasteiger partial charge in [0.1, 0.15) is 0 Å². The summed E-state index contributed by atoms with van der Waals surface area (Å²) in [5.41, 5.74) is 5.61. The van der Waals surface area contributed by atoms with Crippen molar-refractivity contribution in [1.29, 1.82) is 0 Å². The lowest BCUT2D eigenvalue weighted by Gasteiger charge is -2.13. The summed E-state index contributed by atoms with van der Waals surface area (Å²) in [4.78, 5) is 11.7. The van der Waals surface area contributed by atoms with Crippen molar-refractivity contribution in [3.05, 3.63) is 0 Å². The normalized spacial score (nSPS) is 12.4. The summed E-state index contributed by atoms with van der Waals surface area (Å²) in [6.45, 7) is 4.53. The van der Waals surface area contributed by atoms with E-state index in [1.54, 1.807) is 0 Å². The monoisotopic (exact) mass is 395 g/mol. The quantitative estimate of drug-likeness (QED) is 0.173. The lowest BCUT2D eigenvalue weighted by Crippen LogP contribution is -2.23. The number of hydrogen-bond donors (Lipinski definition) is 1. The molecule has 0 aromatic carbocycles.